The summed E-state index contributed by atoms with van der Waals surface area (Å²) in [6.45, 7) is 1.51. The predicted octanol–water partition coefficient (Wildman–Crippen LogP) is 1.38. The van der Waals surface area contributed by atoms with Crippen molar-refractivity contribution in [1.82, 2.24) is 14.9 Å². The molecule has 1 aromatic heterocycles. The van der Waals surface area contributed by atoms with Crippen LogP contribution in [0.15, 0.2) is 18.2 Å². The number of nitrogens with zero attached hydrogens (tertiary/aromatic N) is 3. The Balaban J connectivity index is 2.17. The fourth-order valence-corrected chi connectivity index (χ4v) is 2.39. The van der Waals surface area contributed by atoms with Gasteiger partial charge >= 0.3 is 6.03 Å². The number of carbonyl (C=O) groups is 1. The van der Waals surface area contributed by atoms with Crippen molar-refractivity contribution in [3.8, 4) is 11.8 Å². The van der Waals surface area contributed by atoms with Gasteiger partial charge in [0.1, 0.15) is 12.3 Å². The van der Waals surface area contributed by atoms with Gasteiger partial charge in [0, 0.05) is 6.54 Å². The maximum atomic E-state index is 13.5. The SMILES string of the molecule is COc1cc(OC)nc(NC(=O)N2CC=CCC2C(O)C(C)F)n1. The predicted molar refractivity (Wildman–Crippen MR) is 85.0 cm³/mol. The van der Waals surface area contributed by atoms with Crippen molar-refractivity contribution in [3.63, 3.8) is 0 Å². The van der Waals surface area contributed by atoms with Crippen molar-refractivity contribution in [1.29, 1.82) is 0 Å². The lowest BCUT2D eigenvalue weighted by Gasteiger charge is -2.36. The summed E-state index contributed by atoms with van der Waals surface area (Å²) in [5, 5.41) is 12.5. The molecule has 2 rings (SSSR count). The molecule has 3 atom stereocenters. The maximum Gasteiger partial charge on any atom is 0.324 e. The second-order valence-electron chi connectivity index (χ2n) is 5.30. The highest BCUT2D eigenvalue weighted by Gasteiger charge is 2.33. The summed E-state index contributed by atoms with van der Waals surface area (Å²) in [5.74, 6) is 0.446. The smallest absolute Gasteiger partial charge is 0.324 e. The standard InChI is InChI=1S/C15H21FN4O4/c1-9(16)13(21)10-6-4-5-7-20(10)15(22)19-14-17-11(23-2)8-12(18-14)24-3/h4-5,8-10,13,21H,6-7H2,1-3H3,(H,17,18,19,22). The molecule has 8 nitrogen and oxygen atoms in total. The zero-order valence-corrected chi connectivity index (χ0v) is 13.8. The molecule has 0 fully saturated rings. The Bertz CT molecular complexity index is 589. The molecule has 0 aliphatic carbocycles. The van der Waals surface area contributed by atoms with E-state index in [2.05, 4.69) is 15.3 Å². The highest BCUT2D eigenvalue weighted by atomic mass is 19.1. The van der Waals surface area contributed by atoms with Gasteiger partial charge in [-0.2, -0.15) is 9.97 Å². The van der Waals surface area contributed by atoms with E-state index in [1.165, 1.54) is 32.1 Å². The lowest BCUT2D eigenvalue weighted by molar-refractivity contribution is 0.0192. The second kappa shape index (κ2) is 7.91. The summed E-state index contributed by atoms with van der Waals surface area (Å²) in [4.78, 5) is 21.9. The summed E-state index contributed by atoms with van der Waals surface area (Å²) < 4.78 is 23.5. The first-order valence-corrected chi connectivity index (χ1v) is 7.48. The molecule has 0 radical (unpaired) electrons. The van der Waals surface area contributed by atoms with E-state index in [-0.39, 0.29) is 24.3 Å². The minimum Gasteiger partial charge on any atom is -0.481 e. The summed E-state index contributed by atoms with van der Waals surface area (Å²) in [6.07, 6.45) is 1.22. The molecular weight excluding hydrogens is 319 g/mol. The quantitative estimate of drug-likeness (QED) is 0.786. The summed E-state index contributed by atoms with van der Waals surface area (Å²) in [6, 6.07) is 0.262. The Kier molecular flexibility index (Phi) is 5.91. The third-order valence-electron chi connectivity index (χ3n) is 3.69. The zero-order chi connectivity index (χ0) is 17.7. The van der Waals surface area contributed by atoms with E-state index in [1.807, 2.05) is 6.08 Å². The van der Waals surface area contributed by atoms with Crippen LogP contribution >= 0.6 is 0 Å². The van der Waals surface area contributed by atoms with Gasteiger partial charge in [-0.1, -0.05) is 12.2 Å². The molecule has 0 aromatic carbocycles. The first kappa shape index (κ1) is 17.9. The number of anilines is 1. The lowest BCUT2D eigenvalue weighted by atomic mass is 9.99. The van der Waals surface area contributed by atoms with Crippen molar-refractivity contribution in [3.05, 3.63) is 18.2 Å². The van der Waals surface area contributed by atoms with Crippen molar-refractivity contribution >= 4 is 12.0 Å². The Hall–Kier alpha value is -2.42. The summed E-state index contributed by atoms with van der Waals surface area (Å²) in [5.41, 5.74) is 0. The molecule has 0 spiro atoms. The molecular formula is C15H21FN4O4. The van der Waals surface area contributed by atoms with E-state index in [4.69, 9.17) is 9.47 Å². The monoisotopic (exact) mass is 340 g/mol. The van der Waals surface area contributed by atoms with E-state index in [9.17, 15) is 14.3 Å². The van der Waals surface area contributed by atoms with Crippen molar-refractivity contribution in [2.75, 3.05) is 26.1 Å². The Labute approximate surface area is 139 Å². The van der Waals surface area contributed by atoms with Crippen LogP contribution in [0.1, 0.15) is 13.3 Å². The van der Waals surface area contributed by atoms with E-state index in [0.717, 1.165) is 0 Å². The van der Waals surface area contributed by atoms with Crippen LogP contribution in [-0.2, 0) is 0 Å². The molecule has 1 aliphatic heterocycles. The molecule has 0 bridgehead atoms. The van der Waals surface area contributed by atoms with Crippen molar-refractivity contribution in [2.24, 2.45) is 0 Å². The van der Waals surface area contributed by atoms with Gasteiger partial charge in [0.15, 0.2) is 0 Å². The van der Waals surface area contributed by atoms with Crippen LogP contribution in [0.3, 0.4) is 0 Å². The average molecular weight is 340 g/mol. The van der Waals surface area contributed by atoms with Gasteiger partial charge in [-0.25, -0.2) is 9.18 Å². The molecule has 2 amide bonds. The third kappa shape index (κ3) is 4.10. The molecule has 2 heterocycles. The second-order valence-corrected chi connectivity index (χ2v) is 5.30. The number of alkyl halides is 1. The third-order valence-corrected chi connectivity index (χ3v) is 3.69. The highest BCUT2D eigenvalue weighted by molar-refractivity contribution is 5.88. The molecule has 1 aromatic rings. The first-order valence-electron chi connectivity index (χ1n) is 7.48. The molecule has 0 saturated heterocycles. The number of rotatable bonds is 5. The number of aliphatic hydroxyl groups is 1. The van der Waals surface area contributed by atoms with Gasteiger partial charge in [-0.15, -0.1) is 0 Å². The van der Waals surface area contributed by atoms with Gasteiger partial charge in [-0.3, -0.25) is 5.32 Å². The minimum atomic E-state index is -1.45. The van der Waals surface area contributed by atoms with Gasteiger partial charge in [0.25, 0.3) is 0 Å². The first-order chi connectivity index (χ1) is 11.5. The van der Waals surface area contributed by atoms with E-state index in [1.54, 1.807) is 6.08 Å². The van der Waals surface area contributed by atoms with Crippen LogP contribution < -0.4 is 14.8 Å². The number of urea groups is 1. The number of carbonyl (C=O) groups excluding carboxylic acids is 1. The Morgan fingerprint density at radius 2 is 2.00 bits per heavy atom. The average Bonchev–Trinajstić information content (AvgIpc) is 2.60. The van der Waals surface area contributed by atoms with Crippen LogP contribution in [0.2, 0.25) is 0 Å². The van der Waals surface area contributed by atoms with Gasteiger partial charge in [-0.05, 0) is 13.3 Å². The molecule has 24 heavy (non-hydrogen) atoms. The van der Waals surface area contributed by atoms with E-state index >= 15 is 0 Å². The Morgan fingerprint density at radius 3 is 2.54 bits per heavy atom. The van der Waals surface area contributed by atoms with Crippen LogP contribution in [0, 0.1) is 0 Å². The number of nitrogens with one attached hydrogen (secondary N) is 1. The van der Waals surface area contributed by atoms with Crippen LogP contribution in [0.5, 0.6) is 11.8 Å². The number of ether oxygens (including phenoxy) is 2. The highest BCUT2D eigenvalue weighted by Crippen LogP contribution is 2.21. The van der Waals surface area contributed by atoms with Gasteiger partial charge < -0.3 is 19.5 Å². The van der Waals surface area contributed by atoms with E-state index < -0.39 is 24.3 Å². The number of halogens is 1. The normalized spacial score (nSPS) is 19.5. The minimum absolute atomic E-state index is 0.00714. The lowest BCUT2D eigenvalue weighted by Crippen LogP contribution is -2.52. The molecule has 3 unspecified atom stereocenters. The molecule has 9 heteroatoms. The molecule has 1 aliphatic rings. The van der Waals surface area contributed by atoms with Crippen LogP contribution in [0.25, 0.3) is 0 Å². The fraction of sp³-hybridized carbons (Fsp3) is 0.533. The summed E-state index contributed by atoms with van der Waals surface area (Å²) >= 11 is 0. The number of amides is 2. The number of aliphatic hydroxyl groups excluding tert-OH is 1. The molecule has 0 saturated carbocycles. The number of methoxy groups -OCH3 is 2. The van der Waals surface area contributed by atoms with Crippen LogP contribution in [0.4, 0.5) is 15.1 Å². The zero-order valence-electron chi connectivity index (χ0n) is 13.8. The molecule has 132 valence electrons. The van der Waals surface area contributed by atoms with Crippen molar-refractivity contribution in [2.45, 2.75) is 31.7 Å². The summed E-state index contributed by atoms with van der Waals surface area (Å²) in [7, 11) is 2.86. The number of hydrogen-bond acceptors (Lipinski definition) is 6. The number of hydrogen-bond donors (Lipinski definition) is 2. The fourth-order valence-electron chi connectivity index (χ4n) is 2.39. The van der Waals surface area contributed by atoms with Crippen molar-refractivity contribution < 1.29 is 23.8 Å². The van der Waals surface area contributed by atoms with Gasteiger partial charge in [0.05, 0.1) is 26.3 Å². The maximum absolute atomic E-state index is 13.5. The number of aromatic nitrogens is 2. The van der Waals surface area contributed by atoms with Crippen LogP contribution in [-0.4, -0.2) is 65.1 Å². The topological polar surface area (TPSA) is 96.8 Å². The largest absolute Gasteiger partial charge is 0.481 e. The Morgan fingerprint density at radius 1 is 1.38 bits per heavy atom. The molecule has 2 N–H and O–H groups in total. The van der Waals surface area contributed by atoms with E-state index in [0.29, 0.717) is 6.42 Å². The van der Waals surface area contributed by atoms with Gasteiger partial charge in [0.2, 0.25) is 17.7 Å².